The van der Waals surface area contributed by atoms with E-state index in [1.165, 1.54) is 18.1 Å². The first-order valence-corrected chi connectivity index (χ1v) is 6.01. The molecule has 3 N–H and O–H groups in total. The number of esters is 1. The smallest absolute Gasteiger partial charge is 0.377 e. The largest absolute Gasteiger partial charge is 0.463 e. The van der Waals surface area contributed by atoms with Crippen LogP contribution < -0.4 is 0 Å². The van der Waals surface area contributed by atoms with Crippen molar-refractivity contribution in [1.82, 2.24) is 14.8 Å². The van der Waals surface area contributed by atoms with Gasteiger partial charge in [-0.2, -0.15) is 0 Å². The number of hydrogen-bond acceptors (Lipinski definition) is 7. The van der Waals surface area contributed by atoms with E-state index in [9.17, 15) is 20.1 Å². The van der Waals surface area contributed by atoms with Crippen LogP contribution in [0, 0.1) is 11.3 Å². The van der Waals surface area contributed by atoms with Crippen LogP contribution in [0.1, 0.15) is 23.1 Å². The van der Waals surface area contributed by atoms with Gasteiger partial charge in [0.25, 0.3) is 5.82 Å². The number of ether oxygens (including phenoxy) is 1. The minimum Gasteiger partial charge on any atom is -0.463 e. The van der Waals surface area contributed by atoms with E-state index in [0.29, 0.717) is 6.42 Å². The molecule has 2 aliphatic rings. The van der Waals surface area contributed by atoms with Gasteiger partial charge < -0.3 is 20.1 Å². The third-order valence-electron chi connectivity index (χ3n) is 4.33. The summed E-state index contributed by atoms with van der Waals surface area (Å²) in [5.74, 6) is -0.808. The number of fused-ring (bicyclic) bond motifs is 1. The van der Waals surface area contributed by atoms with E-state index in [4.69, 9.17) is 0 Å². The maximum Gasteiger partial charge on any atom is 0.377 e. The van der Waals surface area contributed by atoms with Gasteiger partial charge in [-0.05, 0) is 12.3 Å². The molecule has 1 aromatic rings. The predicted octanol–water partition coefficient (Wildman–Crippen LogP) is -1.66. The lowest BCUT2D eigenvalue weighted by molar-refractivity contribution is -0.0318. The van der Waals surface area contributed by atoms with Crippen LogP contribution in [-0.2, 0) is 4.74 Å². The summed E-state index contributed by atoms with van der Waals surface area (Å²) < 4.78 is 5.88. The van der Waals surface area contributed by atoms with E-state index in [1.807, 2.05) is 0 Å². The average Bonchev–Trinajstić information content (AvgIpc) is 2.86. The first-order chi connectivity index (χ1) is 9.05. The summed E-state index contributed by atoms with van der Waals surface area (Å²) in [7, 11) is 1.23. The number of aliphatic hydroxyl groups excluding tert-OH is 3. The van der Waals surface area contributed by atoms with Crippen LogP contribution >= 0.6 is 0 Å². The summed E-state index contributed by atoms with van der Waals surface area (Å²) in [5, 5.41) is 33.4. The van der Waals surface area contributed by atoms with E-state index < -0.39 is 29.6 Å². The highest BCUT2D eigenvalue weighted by Gasteiger charge is 2.71. The predicted molar refractivity (Wildman–Crippen MR) is 60.0 cm³/mol. The molecule has 2 fully saturated rings. The van der Waals surface area contributed by atoms with E-state index in [2.05, 4.69) is 14.8 Å². The molecule has 0 bridgehead atoms. The van der Waals surface area contributed by atoms with Gasteiger partial charge in [-0.1, -0.05) is 0 Å². The Kier molecular flexibility index (Phi) is 2.63. The zero-order chi connectivity index (χ0) is 13.8. The Hall–Kier alpha value is -1.51. The molecular weight excluding hydrogens is 254 g/mol. The Labute approximate surface area is 108 Å². The van der Waals surface area contributed by atoms with Crippen molar-refractivity contribution in [3.8, 4) is 0 Å². The summed E-state index contributed by atoms with van der Waals surface area (Å²) >= 11 is 0. The molecule has 2 unspecified atom stereocenters. The Balaban J connectivity index is 1.88. The molecule has 0 aromatic carbocycles. The molecule has 19 heavy (non-hydrogen) atoms. The van der Waals surface area contributed by atoms with Crippen LogP contribution in [0.4, 0.5) is 0 Å². The van der Waals surface area contributed by atoms with Gasteiger partial charge in [0, 0.05) is 5.41 Å². The van der Waals surface area contributed by atoms with Crippen molar-refractivity contribution < 1.29 is 24.9 Å². The van der Waals surface area contributed by atoms with E-state index >= 15 is 0 Å². The second kappa shape index (κ2) is 3.99. The Morgan fingerprint density at radius 2 is 2.37 bits per heavy atom. The van der Waals surface area contributed by atoms with E-state index in [0.717, 1.165) is 0 Å². The van der Waals surface area contributed by atoms with E-state index in [1.54, 1.807) is 0 Å². The Bertz CT molecular complexity index is 518. The van der Waals surface area contributed by atoms with Gasteiger partial charge in [-0.3, -0.25) is 0 Å². The summed E-state index contributed by atoms with van der Waals surface area (Å²) in [5.41, 5.74) is -0.637. The number of hydrogen-bond donors (Lipinski definition) is 3. The minimum atomic E-state index is -1.03. The monoisotopic (exact) mass is 269 g/mol. The van der Waals surface area contributed by atoms with Gasteiger partial charge in [0.05, 0.1) is 25.9 Å². The van der Waals surface area contributed by atoms with Crippen LogP contribution in [-0.4, -0.2) is 62.0 Å². The molecule has 0 saturated heterocycles. The fraction of sp³-hybridized carbons (Fsp3) is 0.727. The SMILES string of the molecule is COC(=O)c1ncn([C@H]2C(O)C(O)[C@]3(CO)C[C@H]23)n1. The fourth-order valence-electron chi connectivity index (χ4n) is 3.14. The minimum absolute atomic E-state index is 0.0605. The van der Waals surface area contributed by atoms with Crippen molar-refractivity contribution in [3.63, 3.8) is 0 Å². The number of aromatic nitrogens is 3. The zero-order valence-corrected chi connectivity index (χ0v) is 10.3. The molecular formula is C11H15N3O5. The quantitative estimate of drug-likeness (QED) is 0.562. The summed E-state index contributed by atoms with van der Waals surface area (Å²) in [4.78, 5) is 15.1. The number of carbonyl (C=O) groups is 1. The molecule has 0 radical (unpaired) electrons. The molecule has 104 valence electrons. The second-order valence-corrected chi connectivity index (χ2v) is 5.17. The van der Waals surface area contributed by atoms with Crippen molar-refractivity contribution in [1.29, 1.82) is 0 Å². The van der Waals surface area contributed by atoms with Crippen LogP contribution in [0.3, 0.4) is 0 Å². The lowest BCUT2D eigenvalue weighted by Gasteiger charge is -2.22. The maximum atomic E-state index is 11.3. The number of aliphatic hydroxyl groups is 3. The van der Waals surface area contributed by atoms with Gasteiger partial charge in [-0.25, -0.2) is 14.5 Å². The average molecular weight is 269 g/mol. The van der Waals surface area contributed by atoms with Gasteiger partial charge in [0.2, 0.25) is 0 Å². The standard InChI is InChI=1S/C11H15N3O5/c1-19-10(18)9-12-4-14(13-9)6-5-2-11(5,3-15)8(17)7(6)16/h4-8,15-17H,2-3H2,1H3/t5-,6-,7?,8?,11+/m1/s1. The summed E-state index contributed by atoms with van der Waals surface area (Å²) in [6, 6.07) is -0.479. The normalized spacial score (nSPS) is 40.0. The summed E-state index contributed by atoms with van der Waals surface area (Å²) in [6.07, 6.45) is -0.0605. The molecule has 3 rings (SSSR count). The molecule has 8 nitrogen and oxygen atoms in total. The second-order valence-electron chi connectivity index (χ2n) is 5.17. The summed E-state index contributed by atoms with van der Waals surface area (Å²) in [6.45, 7) is -0.176. The van der Waals surface area contributed by atoms with E-state index in [-0.39, 0.29) is 18.3 Å². The van der Waals surface area contributed by atoms with Gasteiger partial charge >= 0.3 is 5.97 Å². The molecule has 2 saturated carbocycles. The zero-order valence-electron chi connectivity index (χ0n) is 10.3. The lowest BCUT2D eigenvalue weighted by Crippen LogP contribution is -2.35. The van der Waals surface area contributed by atoms with Crippen LogP contribution in [0.5, 0.6) is 0 Å². The number of methoxy groups -OCH3 is 1. The van der Waals surface area contributed by atoms with Crippen LogP contribution in [0.15, 0.2) is 6.33 Å². The van der Waals surface area contributed by atoms with Gasteiger partial charge in [0.1, 0.15) is 12.4 Å². The molecule has 1 aromatic heterocycles. The van der Waals surface area contributed by atoms with Crippen LogP contribution in [0.25, 0.3) is 0 Å². The van der Waals surface area contributed by atoms with Gasteiger partial charge in [0.15, 0.2) is 0 Å². The van der Waals surface area contributed by atoms with Crippen molar-refractivity contribution >= 4 is 5.97 Å². The van der Waals surface area contributed by atoms with Crippen molar-refractivity contribution in [3.05, 3.63) is 12.2 Å². The molecule has 0 aliphatic heterocycles. The maximum absolute atomic E-state index is 11.3. The third-order valence-corrected chi connectivity index (χ3v) is 4.33. The Morgan fingerprint density at radius 1 is 1.63 bits per heavy atom. The molecule has 1 heterocycles. The van der Waals surface area contributed by atoms with Crippen molar-refractivity contribution in [2.75, 3.05) is 13.7 Å². The molecule has 2 aliphatic carbocycles. The number of rotatable bonds is 3. The fourth-order valence-corrected chi connectivity index (χ4v) is 3.14. The highest BCUT2D eigenvalue weighted by molar-refractivity contribution is 5.84. The third kappa shape index (κ3) is 1.54. The molecule has 8 heteroatoms. The van der Waals surface area contributed by atoms with Crippen molar-refractivity contribution in [2.45, 2.75) is 24.7 Å². The first-order valence-electron chi connectivity index (χ1n) is 6.01. The first kappa shape index (κ1) is 12.5. The lowest BCUT2D eigenvalue weighted by atomic mass is 10.0. The number of nitrogens with zero attached hydrogens (tertiary/aromatic N) is 3. The highest BCUT2D eigenvalue weighted by Crippen LogP contribution is 2.67. The number of carbonyl (C=O) groups excluding carboxylic acids is 1. The molecule has 5 atom stereocenters. The van der Waals surface area contributed by atoms with Crippen LogP contribution in [0.2, 0.25) is 0 Å². The van der Waals surface area contributed by atoms with Gasteiger partial charge in [-0.15, -0.1) is 5.10 Å². The van der Waals surface area contributed by atoms with Crippen molar-refractivity contribution in [2.24, 2.45) is 11.3 Å². The molecule has 0 spiro atoms. The molecule has 0 amide bonds. The highest BCUT2D eigenvalue weighted by atomic mass is 16.5. The topological polar surface area (TPSA) is 118 Å². The Morgan fingerprint density at radius 3 is 2.95 bits per heavy atom.